The summed E-state index contributed by atoms with van der Waals surface area (Å²) in [6.07, 6.45) is -4.75. The standard InChI is InChI=1S/C19H18ClF3N4O3/c1-11(28)27-10-16(30-15-5-3-2-4-14(15)27)18(29)25-7-6-24-17-13(20)8-12(9-26-17)19(21,22)23/h2-5,8-9,16H,6-7,10H2,1H3,(H,24,26)(H,25,29). The molecule has 0 saturated heterocycles. The number of nitrogens with zero attached hydrogens (tertiary/aromatic N) is 2. The zero-order chi connectivity index (χ0) is 21.9. The van der Waals surface area contributed by atoms with E-state index >= 15 is 0 Å². The van der Waals surface area contributed by atoms with Crippen LogP contribution in [0.4, 0.5) is 24.7 Å². The van der Waals surface area contributed by atoms with Gasteiger partial charge in [0.15, 0.2) is 6.10 Å². The average Bonchev–Trinajstić information content (AvgIpc) is 2.70. The summed E-state index contributed by atoms with van der Waals surface area (Å²) < 4.78 is 43.6. The summed E-state index contributed by atoms with van der Waals surface area (Å²) in [5.41, 5.74) is -0.352. The molecular formula is C19H18ClF3N4O3. The van der Waals surface area contributed by atoms with E-state index in [0.717, 1.165) is 6.07 Å². The number of benzene rings is 1. The van der Waals surface area contributed by atoms with E-state index in [-0.39, 0.29) is 36.4 Å². The second kappa shape index (κ2) is 8.78. The molecule has 1 aromatic carbocycles. The van der Waals surface area contributed by atoms with Crippen LogP contribution in [-0.2, 0) is 15.8 Å². The summed E-state index contributed by atoms with van der Waals surface area (Å²) in [5.74, 6) is -0.139. The van der Waals surface area contributed by atoms with Gasteiger partial charge in [-0.2, -0.15) is 13.2 Å². The Hall–Kier alpha value is -3.01. The number of carbonyl (C=O) groups excluding carboxylic acids is 2. The summed E-state index contributed by atoms with van der Waals surface area (Å²) in [7, 11) is 0. The topological polar surface area (TPSA) is 83.6 Å². The van der Waals surface area contributed by atoms with Gasteiger partial charge in [-0.15, -0.1) is 0 Å². The van der Waals surface area contributed by atoms with Crippen molar-refractivity contribution >= 4 is 34.9 Å². The Labute approximate surface area is 175 Å². The van der Waals surface area contributed by atoms with Crippen LogP contribution in [0.3, 0.4) is 0 Å². The number of pyridine rings is 1. The highest BCUT2D eigenvalue weighted by Crippen LogP contribution is 2.33. The molecule has 0 saturated carbocycles. The third-order valence-electron chi connectivity index (χ3n) is 4.33. The monoisotopic (exact) mass is 442 g/mol. The first-order valence-electron chi connectivity index (χ1n) is 8.95. The molecular weight excluding hydrogens is 425 g/mol. The van der Waals surface area contributed by atoms with Crippen LogP contribution in [-0.4, -0.2) is 42.5 Å². The van der Waals surface area contributed by atoms with Gasteiger partial charge in [-0.05, 0) is 18.2 Å². The van der Waals surface area contributed by atoms with Crippen molar-refractivity contribution in [2.45, 2.75) is 19.2 Å². The number of rotatable bonds is 5. The molecule has 1 aliphatic rings. The van der Waals surface area contributed by atoms with Crippen molar-refractivity contribution in [2.75, 3.05) is 29.9 Å². The summed E-state index contributed by atoms with van der Waals surface area (Å²) in [5, 5.41) is 5.23. The van der Waals surface area contributed by atoms with Crippen molar-refractivity contribution < 1.29 is 27.5 Å². The van der Waals surface area contributed by atoms with E-state index in [9.17, 15) is 22.8 Å². The molecule has 2 N–H and O–H groups in total. The van der Waals surface area contributed by atoms with Gasteiger partial charge >= 0.3 is 6.18 Å². The molecule has 1 aliphatic heterocycles. The molecule has 2 heterocycles. The molecule has 0 bridgehead atoms. The molecule has 2 aromatic rings. The largest absolute Gasteiger partial charge is 0.477 e. The molecule has 1 unspecified atom stereocenters. The second-order valence-corrected chi connectivity index (χ2v) is 6.88. The summed E-state index contributed by atoms with van der Waals surface area (Å²) in [6.45, 7) is 1.78. The van der Waals surface area contributed by atoms with Gasteiger partial charge < -0.3 is 20.3 Å². The highest BCUT2D eigenvalue weighted by atomic mass is 35.5. The predicted octanol–water partition coefficient (Wildman–Crippen LogP) is 3.10. The zero-order valence-corrected chi connectivity index (χ0v) is 16.5. The Balaban J connectivity index is 1.54. The minimum absolute atomic E-state index is 0.0674. The van der Waals surface area contributed by atoms with E-state index in [0.29, 0.717) is 17.6 Å². The van der Waals surface area contributed by atoms with Crippen molar-refractivity contribution in [3.8, 4) is 5.75 Å². The van der Waals surface area contributed by atoms with Gasteiger partial charge in [0.1, 0.15) is 11.6 Å². The van der Waals surface area contributed by atoms with Gasteiger partial charge in [-0.3, -0.25) is 9.59 Å². The number of nitrogens with one attached hydrogen (secondary N) is 2. The SMILES string of the molecule is CC(=O)N1CC(C(=O)NCCNc2ncc(C(F)(F)F)cc2Cl)Oc2ccccc21. The van der Waals surface area contributed by atoms with Gasteiger partial charge in [-0.25, -0.2) is 4.98 Å². The highest BCUT2D eigenvalue weighted by Gasteiger charge is 2.33. The number of halogens is 4. The number of aromatic nitrogens is 1. The molecule has 0 aliphatic carbocycles. The van der Waals surface area contributed by atoms with Gasteiger partial charge in [0, 0.05) is 26.2 Å². The van der Waals surface area contributed by atoms with E-state index in [2.05, 4.69) is 15.6 Å². The van der Waals surface area contributed by atoms with E-state index < -0.39 is 23.8 Å². The number of anilines is 2. The molecule has 3 rings (SSSR count). The lowest BCUT2D eigenvalue weighted by molar-refractivity contribution is -0.137. The number of fused-ring (bicyclic) bond motifs is 1. The Morgan fingerprint density at radius 1 is 1.30 bits per heavy atom. The lowest BCUT2D eigenvalue weighted by Gasteiger charge is -2.33. The Morgan fingerprint density at radius 3 is 2.70 bits per heavy atom. The first-order valence-corrected chi connectivity index (χ1v) is 9.32. The van der Waals surface area contributed by atoms with E-state index in [1.807, 2.05) is 0 Å². The molecule has 1 aromatic heterocycles. The second-order valence-electron chi connectivity index (χ2n) is 6.47. The maximum atomic E-state index is 12.6. The van der Waals surface area contributed by atoms with Gasteiger partial charge in [0.2, 0.25) is 5.91 Å². The Morgan fingerprint density at radius 2 is 2.03 bits per heavy atom. The molecule has 11 heteroatoms. The third kappa shape index (κ3) is 4.93. The number of hydrogen-bond donors (Lipinski definition) is 2. The minimum Gasteiger partial charge on any atom is -0.477 e. The fraction of sp³-hybridized carbons (Fsp3) is 0.316. The average molecular weight is 443 g/mol. The number of hydrogen-bond acceptors (Lipinski definition) is 5. The molecule has 0 fully saturated rings. The van der Waals surface area contributed by atoms with Crippen LogP contribution in [0.5, 0.6) is 5.75 Å². The Bertz CT molecular complexity index is 955. The van der Waals surface area contributed by atoms with E-state index in [1.54, 1.807) is 24.3 Å². The summed E-state index contributed by atoms with van der Waals surface area (Å²) in [6, 6.07) is 7.69. The van der Waals surface area contributed by atoms with Crippen molar-refractivity contribution in [2.24, 2.45) is 0 Å². The van der Waals surface area contributed by atoms with Crippen LogP contribution in [0.15, 0.2) is 36.5 Å². The molecule has 2 amide bonds. The number of carbonyl (C=O) groups is 2. The quantitative estimate of drug-likeness (QED) is 0.695. The zero-order valence-electron chi connectivity index (χ0n) is 15.8. The molecule has 7 nitrogen and oxygen atoms in total. The number of para-hydroxylation sites is 2. The van der Waals surface area contributed by atoms with Gasteiger partial charge in [0.25, 0.3) is 5.91 Å². The number of ether oxygens (including phenoxy) is 1. The number of alkyl halides is 3. The maximum absolute atomic E-state index is 12.6. The van der Waals surface area contributed by atoms with Crippen molar-refractivity contribution in [3.63, 3.8) is 0 Å². The molecule has 0 radical (unpaired) electrons. The molecule has 1 atom stereocenters. The van der Waals surface area contributed by atoms with Gasteiger partial charge in [0.05, 0.1) is 22.8 Å². The lowest BCUT2D eigenvalue weighted by atomic mass is 10.1. The van der Waals surface area contributed by atoms with E-state index in [4.69, 9.17) is 16.3 Å². The van der Waals surface area contributed by atoms with Crippen LogP contribution in [0, 0.1) is 0 Å². The van der Waals surface area contributed by atoms with Crippen LogP contribution >= 0.6 is 11.6 Å². The highest BCUT2D eigenvalue weighted by molar-refractivity contribution is 6.32. The van der Waals surface area contributed by atoms with Crippen LogP contribution in [0.25, 0.3) is 0 Å². The van der Waals surface area contributed by atoms with Crippen molar-refractivity contribution in [1.82, 2.24) is 10.3 Å². The van der Waals surface area contributed by atoms with Crippen LogP contribution in [0.2, 0.25) is 5.02 Å². The fourth-order valence-corrected chi connectivity index (χ4v) is 3.11. The smallest absolute Gasteiger partial charge is 0.417 e. The first-order chi connectivity index (χ1) is 14.2. The number of amides is 2. The maximum Gasteiger partial charge on any atom is 0.417 e. The van der Waals surface area contributed by atoms with Crippen molar-refractivity contribution in [3.05, 3.63) is 47.1 Å². The third-order valence-corrected chi connectivity index (χ3v) is 4.62. The normalized spacial score (nSPS) is 15.8. The lowest BCUT2D eigenvalue weighted by Crippen LogP contribution is -2.50. The Kier molecular flexibility index (Phi) is 6.35. The summed E-state index contributed by atoms with van der Waals surface area (Å²) >= 11 is 5.82. The molecule has 160 valence electrons. The van der Waals surface area contributed by atoms with Crippen LogP contribution < -0.4 is 20.3 Å². The van der Waals surface area contributed by atoms with E-state index in [1.165, 1.54) is 11.8 Å². The van der Waals surface area contributed by atoms with Gasteiger partial charge in [-0.1, -0.05) is 23.7 Å². The summed E-state index contributed by atoms with van der Waals surface area (Å²) in [4.78, 5) is 29.5. The van der Waals surface area contributed by atoms with Crippen LogP contribution in [0.1, 0.15) is 12.5 Å². The fourth-order valence-electron chi connectivity index (χ4n) is 2.87. The van der Waals surface area contributed by atoms with Crippen molar-refractivity contribution in [1.29, 1.82) is 0 Å². The first kappa shape index (κ1) is 21.7. The molecule has 0 spiro atoms. The predicted molar refractivity (Wildman–Crippen MR) is 105 cm³/mol. The molecule has 30 heavy (non-hydrogen) atoms. The minimum atomic E-state index is -4.53.